The average Bonchev–Trinajstić information content (AvgIpc) is 3.36. The lowest BCUT2D eigenvalue weighted by Crippen LogP contribution is -2.38. The van der Waals surface area contributed by atoms with Gasteiger partial charge in [0, 0.05) is 35.3 Å². The van der Waals surface area contributed by atoms with Crippen LogP contribution in [0.25, 0.3) is 0 Å². The number of aliphatic imine (C=N–C) groups is 1. The molecule has 2 N–H and O–H groups in total. The van der Waals surface area contributed by atoms with Crippen LogP contribution < -0.4 is 5.32 Å². The predicted molar refractivity (Wildman–Crippen MR) is 109 cm³/mol. The van der Waals surface area contributed by atoms with Gasteiger partial charge in [-0.2, -0.15) is 0 Å². The van der Waals surface area contributed by atoms with E-state index in [0.717, 1.165) is 35.1 Å². The third-order valence-electron chi connectivity index (χ3n) is 5.55. The first-order chi connectivity index (χ1) is 12.8. The molecule has 27 heavy (non-hydrogen) atoms. The molecule has 1 saturated carbocycles. The van der Waals surface area contributed by atoms with Gasteiger partial charge < -0.3 is 15.3 Å². The summed E-state index contributed by atoms with van der Waals surface area (Å²) in [7, 11) is 0. The maximum Gasteiger partial charge on any atom is 0.254 e. The van der Waals surface area contributed by atoms with E-state index in [1.54, 1.807) is 6.07 Å². The zero-order valence-corrected chi connectivity index (χ0v) is 16.7. The van der Waals surface area contributed by atoms with Crippen LogP contribution in [-0.4, -0.2) is 34.7 Å². The van der Waals surface area contributed by atoms with Gasteiger partial charge in [-0.1, -0.05) is 17.7 Å². The standard InChI is InChI=1S/C22H29N3O2/c1-14(2)19(15(3)20(23-5)24-22(4)10-11-22)21(27)25-12-9-17-16(13-25)7-6-8-18(17)26/h6-8,24,26H,5,9-13H2,1-4H3/b20-15-. The lowest BCUT2D eigenvalue weighted by Gasteiger charge is -2.31. The van der Waals surface area contributed by atoms with Crippen LogP contribution in [0.4, 0.5) is 0 Å². The van der Waals surface area contributed by atoms with Gasteiger partial charge in [0.15, 0.2) is 0 Å². The molecule has 1 aliphatic heterocycles. The molecule has 1 aliphatic carbocycles. The molecule has 5 nitrogen and oxygen atoms in total. The molecule has 144 valence electrons. The minimum atomic E-state index is 0.00499. The highest BCUT2D eigenvalue weighted by molar-refractivity contribution is 5.98. The van der Waals surface area contributed by atoms with E-state index in [-0.39, 0.29) is 11.4 Å². The van der Waals surface area contributed by atoms with Gasteiger partial charge in [0.05, 0.1) is 0 Å². The van der Waals surface area contributed by atoms with Crippen LogP contribution >= 0.6 is 0 Å². The third kappa shape index (κ3) is 3.92. The van der Waals surface area contributed by atoms with Crippen molar-refractivity contribution in [3.63, 3.8) is 0 Å². The van der Waals surface area contributed by atoms with Gasteiger partial charge in [0.1, 0.15) is 11.6 Å². The Balaban J connectivity index is 1.88. The number of nitrogens with zero attached hydrogens (tertiary/aromatic N) is 2. The molecule has 3 rings (SSSR count). The minimum Gasteiger partial charge on any atom is -0.508 e. The van der Waals surface area contributed by atoms with Gasteiger partial charge in [0.2, 0.25) is 0 Å². The maximum atomic E-state index is 13.4. The number of aromatic hydroxyl groups is 1. The van der Waals surface area contributed by atoms with Crippen LogP contribution in [0.15, 0.2) is 45.7 Å². The van der Waals surface area contributed by atoms with Crippen LogP contribution in [-0.2, 0) is 17.8 Å². The number of phenols is 1. The smallest absolute Gasteiger partial charge is 0.254 e. The Bertz CT molecular complexity index is 843. The highest BCUT2D eigenvalue weighted by atomic mass is 16.3. The molecule has 0 saturated heterocycles. The SMILES string of the molecule is C=N/C(NC1(C)CC1)=C(\C)C(C(=O)N1CCc2c(O)cccc2C1)=C(C)C. The summed E-state index contributed by atoms with van der Waals surface area (Å²) in [6.07, 6.45) is 2.86. The first-order valence-corrected chi connectivity index (χ1v) is 9.48. The second-order valence-corrected chi connectivity index (χ2v) is 8.08. The van der Waals surface area contributed by atoms with E-state index in [2.05, 4.69) is 24.0 Å². The molecule has 1 aromatic rings. The molecule has 2 aliphatic rings. The van der Waals surface area contributed by atoms with E-state index in [0.29, 0.717) is 36.7 Å². The number of benzene rings is 1. The number of carbonyl (C=O) groups excluding carboxylic acids is 1. The number of carbonyl (C=O) groups is 1. The van der Waals surface area contributed by atoms with Gasteiger partial charge in [-0.15, -0.1) is 0 Å². The molecule has 0 bridgehead atoms. The Morgan fingerprint density at radius 3 is 2.59 bits per heavy atom. The summed E-state index contributed by atoms with van der Waals surface area (Å²) in [4.78, 5) is 19.4. The zero-order chi connectivity index (χ0) is 19.8. The molecule has 0 spiro atoms. The van der Waals surface area contributed by atoms with Crippen molar-refractivity contribution in [2.45, 2.75) is 59.0 Å². The number of hydrogen-bond acceptors (Lipinski definition) is 4. The number of nitrogens with one attached hydrogen (secondary N) is 1. The largest absolute Gasteiger partial charge is 0.508 e. The highest BCUT2D eigenvalue weighted by Gasteiger charge is 2.38. The molecular weight excluding hydrogens is 338 g/mol. The van der Waals surface area contributed by atoms with E-state index in [9.17, 15) is 9.90 Å². The molecule has 1 fully saturated rings. The van der Waals surface area contributed by atoms with Crippen LogP contribution in [0.2, 0.25) is 0 Å². The summed E-state index contributed by atoms with van der Waals surface area (Å²) in [6, 6.07) is 5.51. The normalized spacial score (nSPS) is 18.1. The molecule has 5 heteroatoms. The first kappa shape index (κ1) is 19.2. The molecule has 0 radical (unpaired) electrons. The van der Waals surface area contributed by atoms with Crippen molar-refractivity contribution in [1.82, 2.24) is 10.2 Å². The summed E-state index contributed by atoms with van der Waals surface area (Å²) < 4.78 is 0. The Morgan fingerprint density at radius 1 is 1.30 bits per heavy atom. The topological polar surface area (TPSA) is 64.9 Å². The van der Waals surface area contributed by atoms with E-state index in [1.165, 1.54) is 0 Å². The summed E-state index contributed by atoms with van der Waals surface area (Å²) in [5, 5.41) is 13.5. The van der Waals surface area contributed by atoms with Crippen molar-refractivity contribution >= 4 is 12.6 Å². The molecule has 0 unspecified atom stereocenters. The van der Waals surface area contributed by atoms with Crippen LogP contribution in [0.5, 0.6) is 5.75 Å². The fraction of sp³-hybridized carbons (Fsp3) is 0.455. The number of rotatable bonds is 5. The van der Waals surface area contributed by atoms with Crippen LogP contribution in [0, 0.1) is 0 Å². The Hall–Kier alpha value is -2.56. The number of allylic oxidation sites excluding steroid dienone is 1. The highest BCUT2D eigenvalue weighted by Crippen LogP contribution is 2.36. The number of phenolic OH excluding ortho intramolecular Hbond substituents is 1. The monoisotopic (exact) mass is 367 g/mol. The quantitative estimate of drug-likeness (QED) is 0.474. The lowest BCUT2D eigenvalue weighted by molar-refractivity contribution is -0.127. The lowest BCUT2D eigenvalue weighted by atomic mass is 9.96. The fourth-order valence-electron chi connectivity index (χ4n) is 3.64. The van der Waals surface area contributed by atoms with E-state index in [4.69, 9.17) is 0 Å². The average molecular weight is 367 g/mol. The predicted octanol–water partition coefficient (Wildman–Crippen LogP) is 3.69. The molecule has 0 aromatic heterocycles. The number of amides is 1. The van der Waals surface area contributed by atoms with E-state index >= 15 is 0 Å². The zero-order valence-electron chi connectivity index (χ0n) is 16.7. The minimum absolute atomic E-state index is 0.00499. The van der Waals surface area contributed by atoms with Crippen molar-refractivity contribution in [1.29, 1.82) is 0 Å². The fourth-order valence-corrected chi connectivity index (χ4v) is 3.64. The molecule has 1 amide bonds. The van der Waals surface area contributed by atoms with Crippen molar-refractivity contribution in [3.05, 3.63) is 51.9 Å². The summed E-state index contributed by atoms with van der Waals surface area (Å²) in [5.74, 6) is 1.01. The Morgan fingerprint density at radius 2 is 2.00 bits per heavy atom. The number of fused-ring (bicyclic) bond motifs is 1. The Labute approximate surface area is 161 Å². The molecule has 1 aromatic carbocycles. The van der Waals surface area contributed by atoms with Crippen LogP contribution in [0.1, 0.15) is 51.7 Å². The van der Waals surface area contributed by atoms with Gasteiger partial charge in [-0.05, 0) is 65.3 Å². The van der Waals surface area contributed by atoms with Gasteiger partial charge in [-0.25, -0.2) is 4.99 Å². The van der Waals surface area contributed by atoms with Crippen molar-refractivity contribution in [2.24, 2.45) is 4.99 Å². The molecule has 0 atom stereocenters. The van der Waals surface area contributed by atoms with E-state index < -0.39 is 0 Å². The number of hydrogen-bond donors (Lipinski definition) is 2. The molecular formula is C22H29N3O2. The first-order valence-electron chi connectivity index (χ1n) is 9.48. The molecule has 1 heterocycles. The Kier molecular flexibility index (Phi) is 5.13. The summed E-state index contributed by atoms with van der Waals surface area (Å²) in [6.45, 7) is 12.8. The summed E-state index contributed by atoms with van der Waals surface area (Å²) in [5.41, 5.74) is 4.51. The van der Waals surface area contributed by atoms with Crippen molar-refractivity contribution in [3.8, 4) is 5.75 Å². The second-order valence-electron chi connectivity index (χ2n) is 8.08. The maximum absolute atomic E-state index is 13.4. The van der Waals surface area contributed by atoms with Gasteiger partial charge in [0.25, 0.3) is 5.91 Å². The summed E-state index contributed by atoms with van der Waals surface area (Å²) >= 11 is 0. The van der Waals surface area contributed by atoms with E-state index in [1.807, 2.05) is 37.8 Å². The second kappa shape index (κ2) is 7.22. The van der Waals surface area contributed by atoms with Crippen molar-refractivity contribution < 1.29 is 9.90 Å². The van der Waals surface area contributed by atoms with Crippen LogP contribution in [0.3, 0.4) is 0 Å². The van der Waals surface area contributed by atoms with Crippen molar-refractivity contribution in [2.75, 3.05) is 6.54 Å². The van der Waals surface area contributed by atoms with Gasteiger partial charge >= 0.3 is 0 Å². The van der Waals surface area contributed by atoms with Gasteiger partial charge in [-0.3, -0.25) is 4.79 Å². The third-order valence-corrected chi connectivity index (χ3v) is 5.55.